The first-order chi connectivity index (χ1) is 8.53. The van der Waals surface area contributed by atoms with Crippen molar-refractivity contribution >= 4 is 12.0 Å². The van der Waals surface area contributed by atoms with E-state index in [0.717, 1.165) is 44.9 Å². The molecule has 2 saturated carbocycles. The summed E-state index contributed by atoms with van der Waals surface area (Å²) in [5.74, 6) is -0.817. The highest BCUT2D eigenvalue weighted by molar-refractivity contribution is 5.77. The second-order valence-electron chi connectivity index (χ2n) is 5.64. The van der Waals surface area contributed by atoms with Gasteiger partial charge in [0.15, 0.2) is 0 Å². The van der Waals surface area contributed by atoms with Gasteiger partial charge in [0.25, 0.3) is 0 Å². The predicted octanol–water partition coefficient (Wildman–Crippen LogP) is 1.97. The number of carboxylic acids is 1. The van der Waals surface area contributed by atoms with Crippen LogP contribution in [0.3, 0.4) is 0 Å². The van der Waals surface area contributed by atoms with Crippen LogP contribution >= 0.6 is 0 Å². The van der Waals surface area contributed by atoms with Crippen molar-refractivity contribution in [1.29, 1.82) is 0 Å². The van der Waals surface area contributed by atoms with E-state index in [4.69, 9.17) is 5.11 Å². The van der Waals surface area contributed by atoms with Gasteiger partial charge in [-0.15, -0.1) is 0 Å². The van der Waals surface area contributed by atoms with E-state index in [1.54, 1.807) is 11.9 Å². The van der Waals surface area contributed by atoms with Gasteiger partial charge in [0.05, 0.1) is 12.0 Å². The predicted molar refractivity (Wildman–Crippen MR) is 67.4 cm³/mol. The number of carbonyl (C=O) groups is 2. The van der Waals surface area contributed by atoms with Crippen LogP contribution in [0.1, 0.15) is 51.4 Å². The van der Waals surface area contributed by atoms with Crippen LogP contribution in [-0.2, 0) is 4.79 Å². The largest absolute Gasteiger partial charge is 0.481 e. The molecule has 5 nitrogen and oxygen atoms in total. The molecule has 0 aromatic carbocycles. The normalized spacial score (nSPS) is 22.3. The number of carboxylic acid groups (broad SMARTS) is 1. The fourth-order valence-electron chi connectivity index (χ4n) is 2.84. The Kier molecular flexibility index (Phi) is 3.78. The highest BCUT2D eigenvalue weighted by atomic mass is 16.4. The van der Waals surface area contributed by atoms with Crippen LogP contribution in [0.5, 0.6) is 0 Å². The van der Waals surface area contributed by atoms with Crippen molar-refractivity contribution < 1.29 is 14.7 Å². The summed E-state index contributed by atoms with van der Waals surface area (Å²) < 4.78 is 0. The molecule has 2 amide bonds. The zero-order valence-electron chi connectivity index (χ0n) is 10.9. The smallest absolute Gasteiger partial charge is 0.317 e. The van der Waals surface area contributed by atoms with Crippen molar-refractivity contribution in [2.45, 2.75) is 62.9 Å². The van der Waals surface area contributed by atoms with E-state index in [-0.39, 0.29) is 12.5 Å². The van der Waals surface area contributed by atoms with Gasteiger partial charge in [-0.05, 0) is 25.7 Å². The summed E-state index contributed by atoms with van der Waals surface area (Å²) in [7, 11) is 1.74. The minimum atomic E-state index is -0.817. The number of carbonyl (C=O) groups excluding carboxylic acids is 1. The summed E-state index contributed by atoms with van der Waals surface area (Å²) in [6.07, 6.45) is 6.91. The Morgan fingerprint density at radius 3 is 2.39 bits per heavy atom. The van der Waals surface area contributed by atoms with Gasteiger partial charge in [0, 0.05) is 13.1 Å². The third-order valence-corrected chi connectivity index (χ3v) is 4.19. The second-order valence-corrected chi connectivity index (χ2v) is 5.64. The van der Waals surface area contributed by atoms with Gasteiger partial charge in [-0.2, -0.15) is 0 Å². The molecule has 5 heteroatoms. The molecule has 2 rings (SSSR count). The lowest BCUT2D eigenvalue weighted by molar-refractivity contribution is -0.140. The summed E-state index contributed by atoms with van der Waals surface area (Å²) in [6, 6.07) is 0.200. The van der Waals surface area contributed by atoms with Crippen molar-refractivity contribution in [1.82, 2.24) is 10.2 Å². The topological polar surface area (TPSA) is 69.6 Å². The standard InChI is InChI=1S/C13H22N2O3/c1-15(12(18)14-10-5-6-10)13(9-11(16)17)7-3-2-4-8-13/h10H,2-9H2,1H3,(H,14,18)(H,16,17). The molecule has 2 fully saturated rings. The molecule has 0 aliphatic heterocycles. The maximum atomic E-state index is 12.1. The summed E-state index contributed by atoms with van der Waals surface area (Å²) in [6.45, 7) is 0. The van der Waals surface area contributed by atoms with Crippen molar-refractivity contribution in [3.05, 3.63) is 0 Å². The minimum absolute atomic E-state index is 0.0571. The Bertz CT molecular complexity index is 333. The number of urea groups is 1. The van der Waals surface area contributed by atoms with Crippen molar-refractivity contribution in [3.63, 3.8) is 0 Å². The molecule has 0 unspecified atom stereocenters. The Morgan fingerprint density at radius 1 is 1.28 bits per heavy atom. The van der Waals surface area contributed by atoms with Crippen LogP contribution in [0, 0.1) is 0 Å². The third-order valence-electron chi connectivity index (χ3n) is 4.19. The minimum Gasteiger partial charge on any atom is -0.481 e. The lowest BCUT2D eigenvalue weighted by Crippen LogP contribution is -2.55. The molecule has 2 aliphatic carbocycles. The van der Waals surface area contributed by atoms with Crippen LogP contribution in [0.2, 0.25) is 0 Å². The first-order valence-corrected chi connectivity index (χ1v) is 6.80. The SMILES string of the molecule is CN(C(=O)NC1CC1)C1(CC(=O)O)CCCCC1. The van der Waals surface area contributed by atoms with Crippen molar-refractivity contribution in [3.8, 4) is 0 Å². The van der Waals surface area contributed by atoms with Crippen LogP contribution in [0.4, 0.5) is 4.79 Å². The highest BCUT2D eigenvalue weighted by Gasteiger charge is 2.41. The van der Waals surface area contributed by atoms with Crippen LogP contribution in [-0.4, -0.2) is 40.6 Å². The maximum Gasteiger partial charge on any atom is 0.317 e. The van der Waals surface area contributed by atoms with Crippen molar-refractivity contribution in [2.75, 3.05) is 7.05 Å². The molecule has 0 spiro atoms. The molecular weight excluding hydrogens is 232 g/mol. The number of nitrogens with one attached hydrogen (secondary N) is 1. The molecule has 0 bridgehead atoms. The molecule has 18 heavy (non-hydrogen) atoms. The van der Waals surface area contributed by atoms with Gasteiger partial charge in [0.2, 0.25) is 0 Å². The lowest BCUT2D eigenvalue weighted by Gasteiger charge is -2.43. The van der Waals surface area contributed by atoms with E-state index in [1.807, 2.05) is 0 Å². The Balaban J connectivity index is 2.05. The Morgan fingerprint density at radius 2 is 1.89 bits per heavy atom. The summed E-state index contributed by atoms with van der Waals surface area (Å²) in [4.78, 5) is 24.8. The molecule has 0 aromatic heterocycles. The number of rotatable bonds is 4. The molecular formula is C13H22N2O3. The number of amides is 2. The van der Waals surface area contributed by atoms with Crippen LogP contribution in [0.25, 0.3) is 0 Å². The van der Waals surface area contributed by atoms with E-state index < -0.39 is 11.5 Å². The third kappa shape index (κ3) is 2.94. The number of nitrogens with zero attached hydrogens (tertiary/aromatic N) is 1. The molecule has 2 N–H and O–H groups in total. The fourth-order valence-corrected chi connectivity index (χ4v) is 2.84. The number of hydrogen-bond acceptors (Lipinski definition) is 2. The van der Waals surface area contributed by atoms with Gasteiger partial charge in [-0.3, -0.25) is 4.79 Å². The van der Waals surface area contributed by atoms with Gasteiger partial charge in [-0.25, -0.2) is 4.79 Å². The monoisotopic (exact) mass is 254 g/mol. The molecule has 2 aliphatic rings. The first-order valence-electron chi connectivity index (χ1n) is 6.80. The summed E-state index contributed by atoms with van der Waals surface area (Å²) in [5.41, 5.74) is -0.483. The van der Waals surface area contributed by atoms with Crippen LogP contribution < -0.4 is 5.32 Å². The summed E-state index contributed by atoms with van der Waals surface area (Å²) >= 11 is 0. The Hall–Kier alpha value is -1.26. The quantitative estimate of drug-likeness (QED) is 0.805. The lowest BCUT2D eigenvalue weighted by atomic mass is 9.78. The molecule has 0 radical (unpaired) electrons. The van der Waals surface area contributed by atoms with E-state index in [1.165, 1.54) is 0 Å². The molecule has 0 saturated heterocycles. The van der Waals surface area contributed by atoms with Gasteiger partial charge >= 0.3 is 12.0 Å². The van der Waals surface area contributed by atoms with Crippen LogP contribution in [0.15, 0.2) is 0 Å². The van der Waals surface area contributed by atoms with Gasteiger partial charge in [-0.1, -0.05) is 19.3 Å². The highest BCUT2D eigenvalue weighted by Crippen LogP contribution is 2.36. The maximum absolute atomic E-state index is 12.1. The van der Waals surface area contributed by atoms with E-state index in [9.17, 15) is 9.59 Å². The molecule has 102 valence electrons. The zero-order valence-corrected chi connectivity index (χ0v) is 10.9. The van der Waals surface area contributed by atoms with Gasteiger partial charge < -0.3 is 15.3 Å². The second kappa shape index (κ2) is 5.16. The van der Waals surface area contributed by atoms with E-state index >= 15 is 0 Å². The summed E-state index contributed by atoms with van der Waals surface area (Å²) in [5, 5.41) is 12.0. The number of aliphatic carboxylic acids is 1. The molecule has 0 heterocycles. The van der Waals surface area contributed by atoms with Crippen molar-refractivity contribution in [2.24, 2.45) is 0 Å². The molecule has 0 atom stereocenters. The first kappa shape index (κ1) is 13.2. The van der Waals surface area contributed by atoms with E-state index in [2.05, 4.69) is 5.32 Å². The molecule has 0 aromatic rings. The van der Waals surface area contributed by atoms with E-state index in [0.29, 0.717) is 6.04 Å². The Labute approximate surface area is 108 Å². The zero-order chi connectivity index (χ0) is 13.2. The number of hydrogen-bond donors (Lipinski definition) is 2. The average Bonchev–Trinajstić information content (AvgIpc) is 3.12. The fraction of sp³-hybridized carbons (Fsp3) is 0.846. The van der Waals surface area contributed by atoms with Gasteiger partial charge in [0.1, 0.15) is 0 Å². The average molecular weight is 254 g/mol.